The highest BCUT2D eigenvalue weighted by Crippen LogP contribution is 2.39. The standard InChI is InChI=1S/C16H22N6O3/c1-19-6-8-21(9-7-19)13-11-15(25-3)14(22(23)24)10-12(13)17-16-4-5-20(2)18-16/h4-5,10-11H,6-9H2,1-3H3,(H,17,18). The van der Waals surface area contributed by atoms with E-state index in [0.717, 1.165) is 31.9 Å². The largest absolute Gasteiger partial charge is 0.490 e. The van der Waals surface area contributed by atoms with Gasteiger partial charge in [-0.1, -0.05) is 0 Å². The summed E-state index contributed by atoms with van der Waals surface area (Å²) in [6.07, 6.45) is 1.82. The van der Waals surface area contributed by atoms with E-state index in [4.69, 9.17) is 4.74 Å². The number of aryl methyl sites for hydroxylation is 1. The van der Waals surface area contributed by atoms with E-state index in [1.807, 2.05) is 19.3 Å². The van der Waals surface area contributed by atoms with Crippen LogP contribution in [0.2, 0.25) is 0 Å². The Balaban J connectivity index is 2.01. The minimum atomic E-state index is -0.434. The molecule has 0 bridgehead atoms. The Morgan fingerprint density at radius 3 is 2.52 bits per heavy atom. The van der Waals surface area contributed by atoms with Crippen LogP contribution in [0.5, 0.6) is 5.75 Å². The van der Waals surface area contributed by atoms with Crippen LogP contribution in [0, 0.1) is 10.1 Å². The minimum Gasteiger partial charge on any atom is -0.490 e. The molecule has 134 valence electrons. The van der Waals surface area contributed by atoms with E-state index >= 15 is 0 Å². The highest BCUT2D eigenvalue weighted by atomic mass is 16.6. The van der Waals surface area contributed by atoms with Gasteiger partial charge in [-0.15, -0.1) is 0 Å². The maximum absolute atomic E-state index is 11.4. The molecule has 1 N–H and O–H groups in total. The highest BCUT2D eigenvalue weighted by Gasteiger charge is 2.24. The van der Waals surface area contributed by atoms with Crippen molar-refractivity contribution in [2.75, 3.05) is 50.6 Å². The average molecular weight is 346 g/mol. The number of anilines is 3. The van der Waals surface area contributed by atoms with Crippen LogP contribution in [0.15, 0.2) is 24.4 Å². The third-order valence-electron chi connectivity index (χ3n) is 4.31. The van der Waals surface area contributed by atoms with Crippen LogP contribution in [0.1, 0.15) is 0 Å². The summed E-state index contributed by atoms with van der Waals surface area (Å²) in [7, 11) is 5.35. The monoisotopic (exact) mass is 346 g/mol. The summed E-state index contributed by atoms with van der Waals surface area (Å²) < 4.78 is 6.92. The van der Waals surface area contributed by atoms with Crippen molar-refractivity contribution in [3.05, 3.63) is 34.5 Å². The molecule has 0 radical (unpaired) electrons. The Morgan fingerprint density at radius 2 is 1.96 bits per heavy atom. The molecule has 2 aromatic rings. The molecular formula is C16H22N6O3. The Morgan fingerprint density at radius 1 is 1.24 bits per heavy atom. The van der Waals surface area contributed by atoms with E-state index in [-0.39, 0.29) is 11.4 Å². The lowest BCUT2D eigenvalue weighted by atomic mass is 10.1. The molecule has 1 aromatic carbocycles. The number of likely N-dealkylation sites (N-methyl/N-ethyl adjacent to an activating group) is 1. The molecule has 1 aliphatic heterocycles. The second kappa shape index (κ2) is 6.98. The van der Waals surface area contributed by atoms with Crippen molar-refractivity contribution in [2.24, 2.45) is 7.05 Å². The number of nitrogens with zero attached hydrogens (tertiary/aromatic N) is 5. The summed E-state index contributed by atoms with van der Waals surface area (Å²) in [6.45, 7) is 3.55. The molecule has 0 amide bonds. The van der Waals surface area contributed by atoms with Crippen LogP contribution in [-0.2, 0) is 7.05 Å². The van der Waals surface area contributed by atoms with Gasteiger partial charge in [0.05, 0.1) is 23.4 Å². The van der Waals surface area contributed by atoms with Crippen molar-refractivity contribution in [3.63, 3.8) is 0 Å². The second-order valence-corrected chi connectivity index (χ2v) is 6.09. The van der Waals surface area contributed by atoms with Crippen molar-refractivity contribution in [3.8, 4) is 5.75 Å². The van der Waals surface area contributed by atoms with Gasteiger partial charge in [-0.3, -0.25) is 14.8 Å². The number of nitro benzene ring substituents is 1. The topological polar surface area (TPSA) is 88.7 Å². The van der Waals surface area contributed by atoms with Crippen molar-refractivity contribution >= 4 is 22.9 Å². The molecule has 0 atom stereocenters. The summed E-state index contributed by atoms with van der Waals surface area (Å²) in [5, 5.41) is 18.9. The molecule has 1 aliphatic rings. The first-order valence-electron chi connectivity index (χ1n) is 8.04. The molecule has 3 rings (SSSR count). The molecule has 0 unspecified atom stereocenters. The lowest BCUT2D eigenvalue weighted by molar-refractivity contribution is -0.385. The zero-order valence-electron chi connectivity index (χ0n) is 14.6. The quantitative estimate of drug-likeness (QED) is 0.652. The van der Waals surface area contributed by atoms with E-state index in [2.05, 4.69) is 27.3 Å². The van der Waals surface area contributed by atoms with Gasteiger partial charge in [-0.25, -0.2) is 0 Å². The predicted octanol–water partition coefficient (Wildman–Crippen LogP) is 1.83. The first-order chi connectivity index (χ1) is 12.0. The summed E-state index contributed by atoms with van der Waals surface area (Å²) in [5.74, 6) is 0.892. The Labute approximate surface area is 145 Å². The Kier molecular flexibility index (Phi) is 4.75. The van der Waals surface area contributed by atoms with Crippen LogP contribution in [0.3, 0.4) is 0 Å². The lowest BCUT2D eigenvalue weighted by Crippen LogP contribution is -2.44. The molecule has 2 heterocycles. The maximum Gasteiger partial charge on any atom is 0.313 e. The molecule has 0 saturated carbocycles. The van der Waals surface area contributed by atoms with Crippen LogP contribution < -0.4 is 15.0 Å². The first-order valence-corrected chi connectivity index (χ1v) is 8.04. The number of piperazine rings is 1. The summed E-state index contributed by atoms with van der Waals surface area (Å²) in [5.41, 5.74) is 1.45. The lowest BCUT2D eigenvalue weighted by Gasteiger charge is -2.35. The smallest absolute Gasteiger partial charge is 0.313 e. The molecule has 1 fully saturated rings. The maximum atomic E-state index is 11.4. The average Bonchev–Trinajstić information content (AvgIpc) is 3.00. The molecule has 1 saturated heterocycles. The van der Waals surface area contributed by atoms with Gasteiger partial charge in [0.2, 0.25) is 0 Å². The molecule has 1 aromatic heterocycles. The fraction of sp³-hybridized carbons (Fsp3) is 0.438. The van der Waals surface area contributed by atoms with Crippen molar-refractivity contribution in [1.29, 1.82) is 0 Å². The van der Waals surface area contributed by atoms with Crippen molar-refractivity contribution in [2.45, 2.75) is 0 Å². The molecule has 0 aliphatic carbocycles. The van der Waals surface area contributed by atoms with Gasteiger partial charge >= 0.3 is 5.69 Å². The summed E-state index contributed by atoms with van der Waals surface area (Å²) >= 11 is 0. The number of benzene rings is 1. The predicted molar refractivity (Wildman–Crippen MR) is 95.8 cm³/mol. The molecule has 25 heavy (non-hydrogen) atoms. The summed E-state index contributed by atoms with van der Waals surface area (Å²) in [4.78, 5) is 15.4. The number of rotatable bonds is 5. The van der Waals surface area contributed by atoms with Crippen molar-refractivity contribution in [1.82, 2.24) is 14.7 Å². The third-order valence-corrected chi connectivity index (χ3v) is 4.31. The van der Waals surface area contributed by atoms with E-state index in [0.29, 0.717) is 11.5 Å². The van der Waals surface area contributed by atoms with Gasteiger partial charge in [0.1, 0.15) is 0 Å². The van der Waals surface area contributed by atoms with Crippen LogP contribution in [-0.4, -0.2) is 59.9 Å². The van der Waals surface area contributed by atoms with Gasteiger partial charge in [-0.2, -0.15) is 5.10 Å². The number of hydrogen-bond acceptors (Lipinski definition) is 7. The number of nitrogens with one attached hydrogen (secondary N) is 1. The van der Waals surface area contributed by atoms with E-state index < -0.39 is 4.92 Å². The van der Waals surface area contributed by atoms with Gasteiger partial charge < -0.3 is 19.9 Å². The van der Waals surface area contributed by atoms with Gasteiger partial charge in [0.15, 0.2) is 11.6 Å². The van der Waals surface area contributed by atoms with Gasteiger partial charge in [0, 0.05) is 57.6 Å². The number of methoxy groups -OCH3 is 1. The SMILES string of the molecule is COc1cc(N2CCN(C)CC2)c(Nc2ccn(C)n2)cc1[N+](=O)[O-]. The second-order valence-electron chi connectivity index (χ2n) is 6.09. The van der Waals surface area contributed by atoms with Gasteiger partial charge in [0.25, 0.3) is 0 Å². The normalized spacial score (nSPS) is 15.2. The van der Waals surface area contributed by atoms with Crippen LogP contribution in [0.4, 0.5) is 22.9 Å². The minimum absolute atomic E-state index is 0.0705. The number of aromatic nitrogens is 2. The number of nitro groups is 1. The zero-order valence-corrected chi connectivity index (χ0v) is 14.6. The molecule has 9 heteroatoms. The molecule has 9 nitrogen and oxygen atoms in total. The van der Waals surface area contributed by atoms with E-state index in [9.17, 15) is 10.1 Å². The summed E-state index contributed by atoms with van der Waals surface area (Å²) in [6, 6.07) is 5.07. The fourth-order valence-electron chi connectivity index (χ4n) is 2.89. The molecular weight excluding hydrogens is 324 g/mol. The first kappa shape index (κ1) is 17.0. The Hall–Kier alpha value is -2.81. The Bertz CT molecular complexity index is 767. The molecule has 0 spiro atoms. The van der Waals surface area contributed by atoms with E-state index in [1.165, 1.54) is 13.2 Å². The van der Waals surface area contributed by atoms with Crippen LogP contribution in [0.25, 0.3) is 0 Å². The van der Waals surface area contributed by atoms with E-state index in [1.54, 1.807) is 10.7 Å². The zero-order chi connectivity index (χ0) is 18.0. The third kappa shape index (κ3) is 3.66. The van der Waals surface area contributed by atoms with Gasteiger partial charge in [-0.05, 0) is 7.05 Å². The number of ether oxygens (including phenoxy) is 1. The highest BCUT2D eigenvalue weighted by molar-refractivity contribution is 5.80. The number of hydrogen-bond donors (Lipinski definition) is 1. The fourth-order valence-corrected chi connectivity index (χ4v) is 2.89. The van der Waals surface area contributed by atoms with Crippen LogP contribution >= 0.6 is 0 Å². The van der Waals surface area contributed by atoms with Crippen molar-refractivity contribution < 1.29 is 9.66 Å².